The van der Waals surface area contributed by atoms with E-state index in [1.54, 1.807) is 24.3 Å². The first-order valence-corrected chi connectivity index (χ1v) is 12.6. The molecule has 2 aromatic carbocycles. The zero-order chi connectivity index (χ0) is 24.9. The molecular weight excluding hydrogens is 466 g/mol. The van der Waals surface area contributed by atoms with E-state index < -0.39 is 5.97 Å². The van der Waals surface area contributed by atoms with Crippen LogP contribution in [0.1, 0.15) is 54.1 Å². The van der Waals surface area contributed by atoms with Gasteiger partial charge in [-0.15, -0.1) is 0 Å². The number of hydrogen-bond acceptors (Lipinski definition) is 5. The summed E-state index contributed by atoms with van der Waals surface area (Å²) in [5.41, 5.74) is 3.35. The molecule has 35 heavy (non-hydrogen) atoms. The fourth-order valence-corrected chi connectivity index (χ4v) is 5.29. The van der Waals surface area contributed by atoms with Gasteiger partial charge in [0.05, 0.1) is 17.9 Å². The van der Waals surface area contributed by atoms with E-state index in [9.17, 15) is 14.7 Å². The van der Waals surface area contributed by atoms with Crippen molar-refractivity contribution in [2.45, 2.75) is 51.7 Å². The van der Waals surface area contributed by atoms with Crippen molar-refractivity contribution in [3.8, 4) is 5.75 Å². The van der Waals surface area contributed by atoms with Crippen LogP contribution in [-0.2, 0) is 22.5 Å². The molecular formula is C28H32ClNO5. The summed E-state index contributed by atoms with van der Waals surface area (Å²) in [5, 5.41) is 10.4. The number of ether oxygens (including phenoxy) is 2. The van der Waals surface area contributed by atoms with Gasteiger partial charge in [0.15, 0.2) is 0 Å². The lowest BCUT2D eigenvalue weighted by molar-refractivity contribution is -0.149. The van der Waals surface area contributed by atoms with Crippen LogP contribution in [0.15, 0.2) is 49.1 Å². The van der Waals surface area contributed by atoms with Crippen molar-refractivity contribution in [3.63, 3.8) is 0 Å². The summed E-state index contributed by atoms with van der Waals surface area (Å²) in [7, 11) is 0. The molecule has 0 aromatic heterocycles. The monoisotopic (exact) mass is 497 g/mol. The van der Waals surface area contributed by atoms with E-state index in [0.29, 0.717) is 30.5 Å². The molecule has 0 saturated heterocycles. The van der Waals surface area contributed by atoms with Crippen molar-refractivity contribution in [2.75, 3.05) is 18.1 Å². The number of nitrogens with zero attached hydrogens (tertiary/aromatic N) is 1. The average Bonchev–Trinajstić information content (AvgIpc) is 2.83. The largest absolute Gasteiger partial charge is 0.491 e. The number of benzene rings is 2. The Bertz CT molecular complexity index is 1100. The molecule has 1 N–H and O–H groups in total. The predicted octanol–water partition coefficient (Wildman–Crippen LogP) is 5.90. The zero-order valence-electron chi connectivity index (χ0n) is 20.0. The van der Waals surface area contributed by atoms with Gasteiger partial charge in [-0.1, -0.05) is 30.3 Å². The maximum atomic E-state index is 11.8. The molecule has 0 bridgehead atoms. The van der Waals surface area contributed by atoms with Crippen molar-refractivity contribution in [3.05, 3.63) is 70.8 Å². The molecule has 7 heteroatoms. The molecule has 2 aliphatic rings. The maximum absolute atomic E-state index is 11.8. The third kappa shape index (κ3) is 5.99. The molecule has 6 nitrogen and oxygen atoms in total. The van der Waals surface area contributed by atoms with Gasteiger partial charge in [-0.05, 0) is 79.5 Å². The second kappa shape index (κ2) is 11.2. The van der Waals surface area contributed by atoms with Gasteiger partial charge in [0.1, 0.15) is 11.9 Å². The van der Waals surface area contributed by atoms with E-state index in [2.05, 4.69) is 17.5 Å². The fourth-order valence-electron chi connectivity index (χ4n) is 5.09. The molecule has 1 aliphatic carbocycles. The summed E-state index contributed by atoms with van der Waals surface area (Å²) in [6.45, 7) is 7.13. The number of esters is 1. The standard InChI is InChI=1S/C28H32ClNO5/c1-3-26(35-18(2)31)24-11-8-22(24)17-30-16-21-7-10-23(29)14-19(21)6-4-5-13-34-27-12-9-20(28(32)33)15-25(27)30/h3,7,9-10,12,14-15,22,24,26H,1,4-6,8,11,13,16-17H2,2H3,(H,32,33)/t22-,24+,26-/m0/s1. The van der Waals surface area contributed by atoms with Crippen molar-refractivity contribution in [1.29, 1.82) is 0 Å². The first-order chi connectivity index (χ1) is 16.9. The van der Waals surface area contributed by atoms with Crippen LogP contribution in [0.2, 0.25) is 5.02 Å². The number of carbonyl (C=O) groups is 2. The van der Waals surface area contributed by atoms with Gasteiger partial charge in [-0.3, -0.25) is 4.79 Å². The Balaban J connectivity index is 1.71. The van der Waals surface area contributed by atoms with Gasteiger partial charge in [-0.2, -0.15) is 0 Å². The number of aromatic carboxylic acids is 1. The highest BCUT2D eigenvalue weighted by atomic mass is 35.5. The van der Waals surface area contributed by atoms with Crippen LogP contribution < -0.4 is 9.64 Å². The molecule has 0 amide bonds. The van der Waals surface area contributed by atoms with Gasteiger partial charge in [0.25, 0.3) is 0 Å². The fraction of sp³-hybridized carbons (Fsp3) is 0.429. The summed E-state index contributed by atoms with van der Waals surface area (Å²) in [5.74, 6) is -0.168. The van der Waals surface area contributed by atoms with Gasteiger partial charge >= 0.3 is 11.9 Å². The maximum Gasteiger partial charge on any atom is 0.335 e. The number of fused-ring (bicyclic) bond motifs is 2. The van der Waals surface area contributed by atoms with Gasteiger partial charge < -0.3 is 19.5 Å². The number of carboxylic acids is 1. The SMILES string of the molecule is C=C[C@H](OC(C)=O)[C@@H]1CC[C@H]1CN1Cc2ccc(Cl)cc2CCCCOc2ccc(C(=O)O)cc21. The highest BCUT2D eigenvalue weighted by Gasteiger charge is 2.39. The van der Waals surface area contributed by atoms with Crippen LogP contribution >= 0.6 is 11.6 Å². The molecule has 0 radical (unpaired) electrons. The number of carbonyl (C=O) groups excluding carboxylic acids is 1. The molecule has 0 unspecified atom stereocenters. The van der Waals surface area contributed by atoms with Crippen LogP contribution in [0.25, 0.3) is 0 Å². The van der Waals surface area contributed by atoms with E-state index >= 15 is 0 Å². The first kappa shape index (κ1) is 25.1. The summed E-state index contributed by atoms with van der Waals surface area (Å²) in [6, 6.07) is 11.1. The Morgan fingerprint density at radius 1 is 1.23 bits per heavy atom. The van der Waals surface area contributed by atoms with Crippen LogP contribution in [0.5, 0.6) is 5.75 Å². The molecule has 1 fully saturated rings. The van der Waals surface area contributed by atoms with E-state index in [0.717, 1.165) is 37.8 Å². The van der Waals surface area contributed by atoms with E-state index in [-0.39, 0.29) is 29.5 Å². The third-order valence-electron chi connectivity index (χ3n) is 7.06. The Morgan fingerprint density at radius 3 is 2.74 bits per heavy atom. The number of aryl methyl sites for hydroxylation is 1. The summed E-state index contributed by atoms with van der Waals surface area (Å²) in [6.07, 6.45) is 6.09. The van der Waals surface area contributed by atoms with Crippen molar-refractivity contribution in [1.82, 2.24) is 0 Å². The van der Waals surface area contributed by atoms with E-state index in [1.807, 2.05) is 12.1 Å². The van der Waals surface area contributed by atoms with E-state index in [1.165, 1.54) is 18.1 Å². The molecule has 3 atom stereocenters. The Kier molecular flexibility index (Phi) is 8.01. The number of carboxylic acid groups (broad SMARTS) is 1. The lowest BCUT2D eigenvalue weighted by Crippen LogP contribution is -2.44. The summed E-state index contributed by atoms with van der Waals surface area (Å²) < 4.78 is 11.7. The first-order valence-electron chi connectivity index (χ1n) is 12.2. The zero-order valence-corrected chi connectivity index (χ0v) is 20.8. The minimum atomic E-state index is -0.975. The number of anilines is 1. The molecule has 4 rings (SSSR count). The summed E-state index contributed by atoms with van der Waals surface area (Å²) >= 11 is 6.32. The highest BCUT2D eigenvalue weighted by Crippen LogP contribution is 2.42. The molecule has 186 valence electrons. The Hall–Kier alpha value is -2.99. The van der Waals surface area contributed by atoms with E-state index in [4.69, 9.17) is 21.1 Å². The number of halogens is 1. The second-order valence-corrected chi connectivity index (χ2v) is 9.83. The van der Waals surface area contributed by atoms with Crippen molar-refractivity contribution < 1.29 is 24.2 Å². The topological polar surface area (TPSA) is 76.1 Å². The Labute approximate surface area is 211 Å². The number of hydrogen-bond donors (Lipinski definition) is 1. The van der Waals surface area contributed by atoms with Crippen LogP contribution in [0, 0.1) is 11.8 Å². The highest BCUT2D eigenvalue weighted by molar-refractivity contribution is 6.30. The van der Waals surface area contributed by atoms with Crippen molar-refractivity contribution >= 4 is 29.2 Å². The molecule has 0 spiro atoms. The summed E-state index contributed by atoms with van der Waals surface area (Å²) in [4.78, 5) is 25.6. The number of rotatable bonds is 6. The van der Waals surface area contributed by atoms with Crippen molar-refractivity contribution in [2.24, 2.45) is 11.8 Å². The van der Waals surface area contributed by atoms with Gasteiger partial charge in [-0.25, -0.2) is 4.79 Å². The molecule has 2 aromatic rings. The average molecular weight is 498 g/mol. The second-order valence-electron chi connectivity index (χ2n) is 9.40. The Morgan fingerprint density at radius 2 is 2.06 bits per heavy atom. The normalized spacial score (nSPS) is 20.7. The smallest absolute Gasteiger partial charge is 0.335 e. The third-order valence-corrected chi connectivity index (χ3v) is 7.30. The minimum Gasteiger partial charge on any atom is -0.491 e. The molecule has 1 saturated carbocycles. The molecule has 1 aliphatic heterocycles. The minimum absolute atomic E-state index is 0.172. The predicted molar refractivity (Wildman–Crippen MR) is 136 cm³/mol. The lowest BCUT2D eigenvalue weighted by Gasteiger charge is -2.43. The molecule has 1 heterocycles. The lowest BCUT2D eigenvalue weighted by atomic mass is 9.70. The van der Waals surface area contributed by atoms with Crippen LogP contribution in [0.3, 0.4) is 0 Å². The quantitative estimate of drug-likeness (QED) is 0.395. The van der Waals surface area contributed by atoms with Crippen LogP contribution in [-0.4, -0.2) is 36.3 Å². The van der Waals surface area contributed by atoms with Crippen LogP contribution in [0.4, 0.5) is 5.69 Å². The van der Waals surface area contributed by atoms with Gasteiger partial charge in [0, 0.05) is 31.0 Å². The van der Waals surface area contributed by atoms with Gasteiger partial charge in [0.2, 0.25) is 0 Å².